The van der Waals surface area contributed by atoms with E-state index in [9.17, 15) is 14.4 Å². The van der Waals surface area contributed by atoms with E-state index in [4.69, 9.17) is 45.0 Å². The molecule has 1 unspecified atom stereocenters. The van der Waals surface area contributed by atoms with Gasteiger partial charge in [-0.1, -0.05) is 0 Å². The Morgan fingerprint density at radius 3 is 1.42 bits per heavy atom. The Hall–Kier alpha value is -1.87. The minimum absolute atomic E-state index is 0.00341. The molecule has 0 saturated heterocycles. The van der Waals surface area contributed by atoms with Crippen LogP contribution in [0.1, 0.15) is 19.3 Å². The van der Waals surface area contributed by atoms with E-state index >= 15 is 0 Å². The number of rotatable bonds is 25. The predicted octanol–water partition coefficient (Wildman–Crippen LogP) is -1.73. The largest absolute Gasteiger partial charge is 0.480 e. The van der Waals surface area contributed by atoms with Crippen LogP contribution in [0, 0.1) is 0 Å². The van der Waals surface area contributed by atoms with Crippen molar-refractivity contribution in [3.05, 3.63) is 0 Å². The fourth-order valence-corrected chi connectivity index (χ4v) is 2.26. The number of amides is 2. The number of carboxylic acids is 1. The summed E-state index contributed by atoms with van der Waals surface area (Å²) in [5.74, 6) is -2.33. The highest BCUT2D eigenvalue weighted by Gasteiger charge is 2.20. The molecule has 194 valence electrons. The number of ether oxygens (including phenoxy) is 6. The van der Waals surface area contributed by atoms with Gasteiger partial charge in [0.1, 0.15) is 6.04 Å². The zero-order valence-electron chi connectivity index (χ0n) is 19.2. The fourth-order valence-electron chi connectivity index (χ4n) is 2.26. The average molecular weight is 482 g/mol. The second-order valence-corrected chi connectivity index (χ2v) is 6.68. The second-order valence-electron chi connectivity index (χ2n) is 6.68. The molecule has 2 amide bonds. The van der Waals surface area contributed by atoms with Crippen LogP contribution < -0.4 is 16.8 Å². The Balaban J connectivity index is 3.37. The number of nitrogens with one attached hydrogen (secondary N) is 1. The first-order valence-corrected chi connectivity index (χ1v) is 10.9. The molecule has 0 spiro atoms. The molecule has 33 heavy (non-hydrogen) atoms. The third-order valence-corrected chi connectivity index (χ3v) is 3.91. The van der Waals surface area contributed by atoms with Gasteiger partial charge in [-0.3, -0.25) is 9.59 Å². The highest BCUT2D eigenvalue weighted by atomic mass is 16.6. The summed E-state index contributed by atoms with van der Waals surface area (Å²) in [5.41, 5.74) is 10.3. The van der Waals surface area contributed by atoms with Gasteiger partial charge in [-0.05, 0) is 6.42 Å². The van der Waals surface area contributed by atoms with Gasteiger partial charge in [-0.15, -0.1) is 0 Å². The lowest BCUT2D eigenvalue weighted by Gasteiger charge is -2.13. The van der Waals surface area contributed by atoms with Gasteiger partial charge in [0, 0.05) is 19.4 Å². The maximum atomic E-state index is 11.7. The number of nitrogens with two attached hydrogens (primary N) is 2. The first-order valence-electron chi connectivity index (χ1n) is 10.9. The molecule has 0 radical (unpaired) electrons. The van der Waals surface area contributed by atoms with Crippen LogP contribution >= 0.6 is 0 Å². The Morgan fingerprint density at radius 1 is 0.667 bits per heavy atom. The number of primary amides is 1. The van der Waals surface area contributed by atoms with Crippen LogP contribution in [0.15, 0.2) is 0 Å². The van der Waals surface area contributed by atoms with Crippen molar-refractivity contribution >= 4 is 17.8 Å². The van der Waals surface area contributed by atoms with E-state index in [0.717, 1.165) is 0 Å². The van der Waals surface area contributed by atoms with Crippen LogP contribution in [-0.4, -0.2) is 115 Å². The molecule has 6 N–H and O–H groups in total. The molecule has 0 bridgehead atoms. The lowest BCUT2D eigenvalue weighted by Crippen LogP contribution is -2.41. The van der Waals surface area contributed by atoms with Gasteiger partial charge in [0.2, 0.25) is 11.8 Å². The van der Waals surface area contributed by atoms with Crippen LogP contribution in [0.5, 0.6) is 0 Å². The van der Waals surface area contributed by atoms with Crippen molar-refractivity contribution in [2.45, 2.75) is 25.3 Å². The summed E-state index contributed by atoms with van der Waals surface area (Å²) in [7, 11) is 0. The predicted molar refractivity (Wildman–Crippen MR) is 117 cm³/mol. The number of carbonyl (C=O) groups excluding carboxylic acids is 2. The van der Waals surface area contributed by atoms with Crippen LogP contribution in [-0.2, 0) is 42.8 Å². The van der Waals surface area contributed by atoms with Gasteiger partial charge >= 0.3 is 5.97 Å². The van der Waals surface area contributed by atoms with Crippen molar-refractivity contribution in [1.82, 2.24) is 5.32 Å². The molecule has 0 aliphatic heterocycles. The maximum absolute atomic E-state index is 11.7. The molecule has 0 saturated carbocycles. The lowest BCUT2D eigenvalue weighted by molar-refractivity contribution is -0.142. The van der Waals surface area contributed by atoms with Crippen LogP contribution in [0.4, 0.5) is 0 Å². The standard InChI is InChI=1S/C20H39N3O10/c21-4-6-29-8-10-31-12-14-33-16-15-32-13-11-30-9-7-28-5-3-19(25)23-17(20(26)27)1-2-18(22)24/h17H,1-16,21H2,(H2,22,24)(H,23,25)(H,26,27). The summed E-state index contributed by atoms with van der Waals surface area (Å²) in [6.45, 7) is 5.52. The molecule has 0 rings (SSSR count). The smallest absolute Gasteiger partial charge is 0.326 e. The first kappa shape index (κ1) is 31.1. The number of carbonyl (C=O) groups is 3. The summed E-state index contributed by atoms with van der Waals surface area (Å²) in [6, 6.07) is -1.15. The summed E-state index contributed by atoms with van der Waals surface area (Å²) in [5, 5.41) is 11.4. The Morgan fingerprint density at radius 2 is 1.06 bits per heavy atom. The maximum Gasteiger partial charge on any atom is 0.326 e. The molecule has 13 heteroatoms. The minimum Gasteiger partial charge on any atom is -0.480 e. The molecular formula is C20H39N3O10. The summed E-state index contributed by atoms with van der Waals surface area (Å²) in [4.78, 5) is 33.5. The molecule has 0 aliphatic rings. The Bertz CT molecular complexity index is 510. The van der Waals surface area contributed by atoms with Gasteiger partial charge in [0.05, 0.1) is 79.3 Å². The topological polar surface area (TPSA) is 191 Å². The van der Waals surface area contributed by atoms with Crippen molar-refractivity contribution < 1.29 is 47.9 Å². The molecule has 0 aromatic carbocycles. The molecule has 0 aromatic heterocycles. The highest BCUT2D eigenvalue weighted by molar-refractivity contribution is 5.84. The van der Waals surface area contributed by atoms with Gasteiger partial charge in [0.15, 0.2) is 0 Å². The molecule has 0 heterocycles. The Kier molecular flexibility index (Phi) is 22.0. The molecule has 1 atom stereocenters. The quantitative estimate of drug-likeness (QED) is 0.108. The Labute approximate surface area is 194 Å². The van der Waals surface area contributed by atoms with E-state index in [-0.39, 0.29) is 32.5 Å². The summed E-state index contributed by atoms with van der Waals surface area (Å²) < 4.78 is 31.8. The highest BCUT2D eigenvalue weighted by Crippen LogP contribution is 1.98. The van der Waals surface area contributed by atoms with E-state index in [1.807, 2.05) is 0 Å². The van der Waals surface area contributed by atoms with Gasteiger partial charge < -0.3 is 50.3 Å². The zero-order valence-corrected chi connectivity index (χ0v) is 19.2. The third kappa shape index (κ3) is 23.1. The minimum atomic E-state index is -1.22. The SMILES string of the molecule is NCCOCCOCCOCCOCCOCCOCCC(=O)NC(CCC(N)=O)C(=O)O. The van der Waals surface area contributed by atoms with Crippen molar-refractivity contribution in [2.75, 3.05) is 85.8 Å². The molecule has 0 aliphatic carbocycles. The molecule has 0 fully saturated rings. The number of hydrogen-bond acceptors (Lipinski definition) is 10. The van der Waals surface area contributed by atoms with E-state index in [0.29, 0.717) is 72.6 Å². The van der Waals surface area contributed by atoms with Crippen LogP contribution in [0.2, 0.25) is 0 Å². The number of hydrogen-bond donors (Lipinski definition) is 4. The van der Waals surface area contributed by atoms with E-state index in [2.05, 4.69) is 5.32 Å². The van der Waals surface area contributed by atoms with Crippen LogP contribution in [0.25, 0.3) is 0 Å². The number of aliphatic carboxylic acids is 1. The van der Waals surface area contributed by atoms with E-state index in [1.165, 1.54) is 0 Å². The van der Waals surface area contributed by atoms with Crippen LogP contribution in [0.3, 0.4) is 0 Å². The normalized spacial score (nSPS) is 11.9. The average Bonchev–Trinajstić information content (AvgIpc) is 2.77. The summed E-state index contributed by atoms with van der Waals surface area (Å²) >= 11 is 0. The number of carboxylic acid groups (broad SMARTS) is 1. The monoisotopic (exact) mass is 481 g/mol. The van der Waals surface area contributed by atoms with Gasteiger partial charge in [-0.25, -0.2) is 4.79 Å². The summed E-state index contributed by atoms with van der Waals surface area (Å²) in [6.07, 6.45) is -0.181. The molecular weight excluding hydrogens is 442 g/mol. The van der Waals surface area contributed by atoms with Crippen molar-refractivity contribution in [1.29, 1.82) is 0 Å². The van der Waals surface area contributed by atoms with Crippen molar-refractivity contribution in [2.24, 2.45) is 11.5 Å². The van der Waals surface area contributed by atoms with Gasteiger partial charge in [0.25, 0.3) is 0 Å². The van der Waals surface area contributed by atoms with Crippen molar-refractivity contribution in [3.8, 4) is 0 Å². The molecule has 13 nitrogen and oxygen atoms in total. The first-order chi connectivity index (χ1) is 16.0. The van der Waals surface area contributed by atoms with E-state index < -0.39 is 23.8 Å². The van der Waals surface area contributed by atoms with Gasteiger partial charge in [-0.2, -0.15) is 0 Å². The van der Waals surface area contributed by atoms with Crippen molar-refractivity contribution in [3.63, 3.8) is 0 Å². The zero-order chi connectivity index (χ0) is 24.6. The third-order valence-electron chi connectivity index (χ3n) is 3.91. The molecule has 0 aromatic rings. The second kappa shape index (κ2) is 23.3. The fraction of sp³-hybridized carbons (Fsp3) is 0.850. The van der Waals surface area contributed by atoms with E-state index in [1.54, 1.807) is 0 Å². The lowest BCUT2D eigenvalue weighted by atomic mass is 10.1.